The first-order valence-corrected chi connectivity index (χ1v) is 9.32. The van der Waals surface area contributed by atoms with Crippen LogP contribution in [0.1, 0.15) is 36.0 Å². The molecule has 2 aromatic rings. The molecule has 0 bridgehead atoms. The standard InChI is InChI=1S/C19H23FN4O3/c20-16-3-1-2-14(10-16)11-24-12-15(4-5-18(24)25)19-21-17(22-27-19)13-23-6-8-26-9-7-23/h1-3,10,15H,4-9,11-13H2/t15-/m1/s1. The Hall–Kier alpha value is -2.32. The van der Waals surface area contributed by atoms with Gasteiger partial charge in [-0.2, -0.15) is 4.98 Å². The van der Waals surface area contributed by atoms with Crippen LogP contribution in [0.15, 0.2) is 28.8 Å². The van der Waals surface area contributed by atoms with Gasteiger partial charge in [0.1, 0.15) is 5.82 Å². The highest BCUT2D eigenvalue weighted by Gasteiger charge is 2.30. The number of halogens is 1. The van der Waals surface area contributed by atoms with Crippen LogP contribution < -0.4 is 0 Å². The second-order valence-corrected chi connectivity index (χ2v) is 7.08. The maximum Gasteiger partial charge on any atom is 0.231 e. The van der Waals surface area contributed by atoms with E-state index in [1.807, 2.05) is 6.07 Å². The van der Waals surface area contributed by atoms with Crippen molar-refractivity contribution < 1.29 is 18.4 Å². The molecule has 0 radical (unpaired) electrons. The van der Waals surface area contributed by atoms with E-state index in [1.165, 1.54) is 12.1 Å². The third-order valence-electron chi connectivity index (χ3n) is 5.06. The van der Waals surface area contributed by atoms with Crippen LogP contribution in [0.5, 0.6) is 0 Å². The first kappa shape index (κ1) is 18.1. The summed E-state index contributed by atoms with van der Waals surface area (Å²) in [5, 5.41) is 4.10. The van der Waals surface area contributed by atoms with Gasteiger partial charge in [0.25, 0.3) is 0 Å². The minimum atomic E-state index is -0.293. The van der Waals surface area contributed by atoms with Crippen LogP contribution in [0.3, 0.4) is 0 Å². The Morgan fingerprint density at radius 1 is 1.22 bits per heavy atom. The van der Waals surface area contributed by atoms with E-state index in [0.717, 1.165) is 31.9 Å². The highest BCUT2D eigenvalue weighted by molar-refractivity contribution is 5.77. The number of hydrogen-bond acceptors (Lipinski definition) is 6. The molecule has 0 unspecified atom stereocenters. The lowest BCUT2D eigenvalue weighted by molar-refractivity contribution is -0.134. The summed E-state index contributed by atoms with van der Waals surface area (Å²) in [4.78, 5) is 20.8. The van der Waals surface area contributed by atoms with Crippen LogP contribution >= 0.6 is 0 Å². The Balaban J connectivity index is 1.39. The molecule has 0 aliphatic carbocycles. The summed E-state index contributed by atoms with van der Waals surface area (Å²) >= 11 is 0. The van der Waals surface area contributed by atoms with Gasteiger partial charge < -0.3 is 14.2 Å². The van der Waals surface area contributed by atoms with Crippen LogP contribution in [0.2, 0.25) is 0 Å². The van der Waals surface area contributed by atoms with Crippen LogP contribution in [0.25, 0.3) is 0 Å². The Bertz CT molecular complexity index is 791. The lowest BCUT2D eigenvalue weighted by Crippen LogP contribution is -2.38. The minimum absolute atomic E-state index is 0.0159. The number of piperidine rings is 1. The number of aromatic nitrogens is 2. The number of nitrogens with zero attached hydrogens (tertiary/aromatic N) is 4. The van der Waals surface area contributed by atoms with E-state index < -0.39 is 0 Å². The van der Waals surface area contributed by atoms with Crippen LogP contribution in [0.4, 0.5) is 4.39 Å². The molecule has 2 aliphatic heterocycles. The van der Waals surface area contributed by atoms with Gasteiger partial charge in [0.15, 0.2) is 5.82 Å². The number of carbonyl (C=O) groups excluding carboxylic acids is 1. The number of amides is 1. The predicted molar refractivity (Wildman–Crippen MR) is 94.2 cm³/mol. The number of morpholine rings is 1. The Morgan fingerprint density at radius 2 is 2.07 bits per heavy atom. The van der Waals surface area contributed by atoms with Gasteiger partial charge in [-0.25, -0.2) is 4.39 Å². The van der Waals surface area contributed by atoms with Gasteiger partial charge in [-0.05, 0) is 24.1 Å². The van der Waals surface area contributed by atoms with Crippen molar-refractivity contribution in [2.24, 2.45) is 0 Å². The molecular formula is C19H23FN4O3. The van der Waals surface area contributed by atoms with E-state index in [9.17, 15) is 9.18 Å². The number of benzene rings is 1. The SMILES string of the molecule is O=C1CC[C@@H](c2nc(CN3CCOCC3)no2)CN1Cc1cccc(F)c1. The fourth-order valence-corrected chi connectivity index (χ4v) is 3.58. The number of likely N-dealkylation sites (tertiary alicyclic amines) is 1. The zero-order chi connectivity index (χ0) is 18.6. The predicted octanol–water partition coefficient (Wildman–Crippen LogP) is 1.95. The quantitative estimate of drug-likeness (QED) is 0.797. The van der Waals surface area contributed by atoms with E-state index >= 15 is 0 Å². The van der Waals surface area contributed by atoms with Gasteiger partial charge in [-0.3, -0.25) is 9.69 Å². The molecule has 27 heavy (non-hydrogen) atoms. The van der Waals surface area contributed by atoms with Crippen molar-refractivity contribution in [3.63, 3.8) is 0 Å². The molecule has 7 nitrogen and oxygen atoms in total. The summed E-state index contributed by atoms with van der Waals surface area (Å²) in [7, 11) is 0. The normalized spacial score (nSPS) is 21.6. The minimum Gasteiger partial charge on any atom is -0.379 e. The lowest BCUT2D eigenvalue weighted by atomic mass is 9.97. The smallest absolute Gasteiger partial charge is 0.231 e. The molecule has 4 rings (SSSR count). The summed E-state index contributed by atoms with van der Waals surface area (Å²) in [5.74, 6) is 1.04. The molecule has 1 amide bonds. The molecule has 144 valence electrons. The van der Waals surface area contributed by atoms with Gasteiger partial charge in [0, 0.05) is 32.6 Å². The highest BCUT2D eigenvalue weighted by atomic mass is 19.1. The molecule has 8 heteroatoms. The average Bonchev–Trinajstić information content (AvgIpc) is 3.13. The van der Waals surface area contributed by atoms with Gasteiger partial charge >= 0.3 is 0 Å². The Labute approximate surface area is 157 Å². The van der Waals surface area contributed by atoms with Gasteiger partial charge in [0.05, 0.1) is 25.7 Å². The third kappa shape index (κ3) is 4.51. The van der Waals surface area contributed by atoms with E-state index in [4.69, 9.17) is 9.26 Å². The summed E-state index contributed by atoms with van der Waals surface area (Å²) in [6, 6.07) is 6.35. The fourth-order valence-electron chi connectivity index (χ4n) is 3.58. The number of hydrogen-bond donors (Lipinski definition) is 0. The zero-order valence-electron chi connectivity index (χ0n) is 15.1. The molecular weight excluding hydrogens is 351 g/mol. The maximum atomic E-state index is 13.4. The molecule has 2 saturated heterocycles. The van der Waals surface area contributed by atoms with E-state index in [0.29, 0.717) is 44.2 Å². The fraction of sp³-hybridized carbons (Fsp3) is 0.526. The van der Waals surface area contributed by atoms with Crippen LogP contribution in [0, 0.1) is 5.82 Å². The van der Waals surface area contributed by atoms with E-state index in [-0.39, 0.29) is 17.6 Å². The topological polar surface area (TPSA) is 71.7 Å². The van der Waals surface area contributed by atoms with Crippen molar-refractivity contribution in [1.82, 2.24) is 19.9 Å². The van der Waals surface area contributed by atoms with Crippen molar-refractivity contribution in [2.75, 3.05) is 32.8 Å². The largest absolute Gasteiger partial charge is 0.379 e. The molecule has 1 atom stereocenters. The molecule has 2 fully saturated rings. The highest BCUT2D eigenvalue weighted by Crippen LogP contribution is 2.27. The second-order valence-electron chi connectivity index (χ2n) is 7.08. The molecule has 3 heterocycles. The van der Waals surface area contributed by atoms with Crippen molar-refractivity contribution in [3.05, 3.63) is 47.4 Å². The first-order valence-electron chi connectivity index (χ1n) is 9.32. The summed E-state index contributed by atoms with van der Waals surface area (Å²) < 4.78 is 24.2. The Morgan fingerprint density at radius 3 is 2.89 bits per heavy atom. The van der Waals surface area contributed by atoms with Crippen molar-refractivity contribution in [2.45, 2.75) is 31.8 Å². The lowest BCUT2D eigenvalue weighted by Gasteiger charge is -2.31. The van der Waals surface area contributed by atoms with E-state index in [2.05, 4.69) is 15.0 Å². The van der Waals surface area contributed by atoms with Gasteiger partial charge in [0.2, 0.25) is 11.8 Å². The summed E-state index contributed by atoms with van der Waals surface area (Å²) in [6.07, 6.45) is 1.12. The van der Waals surface area contributed by atoms with Crippen molar-refractivity contribution >= 4 is 5.91 Å². The molecule has 2 aliphatic rings. The summed E-state index contributed by atoms with van der Waals surface area (Å²) in [5.41, 5.74) is 0.780. The second kappa shape index (κ2) is 8.14. The molecule has 0 spiro atoms. The van der Waals surface area contributed by atoms with Crippen molar-refractivity contribution in [1.29, 1.82) is 0 Å². The van der Waals surface area contributed by atoms with Crippen LogP contribution in [-0.2, 0) is 22.6 Å². The number of carbonyl (C=O) groups is 1. The number of ether oxygens (including phenoxy) is 1. The zero-order valence-corrected chi connectivity index (χ0v) is 15.1. The average molecular weight is 374 g/mol. The Kier molecular flexibility index (Phi) is 5.45. The van der Waals surface area contributed by atoms with Crippen molar-refractivity contribution in [3.8, 4) is 0 Å². The first-order chi connectivity index (χ1) is 13.2. The molecule has 0 N–H and O–H groups in total. The molecule has 0 saturated carbocycles. The maximum absolute atomic E-state index is 13.4. The summed E-state index contributed by atoms with van der Waals surface area (Å²) in [6.45, 7) is 4.73. The number of rotatable bonds is 5. The monoisotopic (exact) mass is 374 g/mol. The third-order valence-corrected chi connectivity index (χ3v) is 5.06. The molecule has 1 aromatic carbocycles. The van der Waals surface area contributed by atoms with Gasteiger partial charge in [-0.15, -0.1) is 0 Å². The van der Waals surface area contributed by atoms with Crippen LogP contribution in [-0.4, -0.2) is 58.7 Å². The molecule has 1 aromatic heterocycles. The van der Waals surface area contributed by atoms with Gasteiger partial charge in [-0.1, -0.05) is 17.3 Å². The van der Waals surface area contributed by atoms with E-state index in [1.54, 1.807) is 11.0 Å².